The van der Waals surface area contributed by atoms with E-state index in [0.29, 0.717) is 6.42 Å². The van der Waals surface area contributed by atoms with Crippen molar-refractivity contribution in [3.63, 3.8) is 0 Å². The number of carbonyl (C=O) groups is 2. The number of hydrogen-bond donors (Lipinski definition) is 2. The van der Waals surface area contributed by atoms with Crippen molar-refractivity contribution < 1.29 is 37.6 Å². The van der Waals surface area contributed by atoms with Crippen LogP contribution in [0.2, 0.25) is 0 Å². The van der Waals surface area contributed by atoms with E-state index < -0.39 is 26.5 Å². The molecule has 3 N–H and O–H groups in total. The quantitative estimate of drug-likeness (QED) is 0.0264. The molecule has 0 bridgehead atoms. The van der Waals surface area contributed by atoms with Gasteiger partial charge in [0.1, 0.15) is 6.61 Å². The summed E-state index contributed by atoms with van der Waals surface area (Å²) in [7, 11) is -4.39. The van der Waals surface area contributed by atoms with Crippen LogP contribution in [0.25, 0.3) is 0 Å². The minimum absolute atomic E-state index is 0.0561. The van der Waals surface area contributed by atoms with Crippen molar-refractivity contribution in [3.8, 4) is 0 Å². The molecule has 0 aliphatic carbocycles. The zero-order valence-corrected chi connectivity index (χ0v) is 58.5. The molecular formula is C76H148NO8P. The van der Waals surface area contributed by atoms with Gasteiger partial charge in [-0.05, 0) is 44.9 Å². The van der Waals surface area contributed by atoms with Crippen molar-refractivity contribution in [2.75, 3.05) is 26.4 Å². The largest absolute Gasteiger partial charge is 0.472 e. The summed E-state index contributed by atoms with van der Waals surface area (Å²) in [6.07, 6.45) is 90.3. The maximum absolute atomic E-state index is 12.8. The minimum Gasteiger partial charge on any atom is -0.462 e. The Balaban J connectivity index is 3.72. The van der Waals surface area contributed by atoms with Crippen molar-refractivity contribution in [1.82, 2.24) is 0 Å². The van der Waals surface area contributed by atoms with Crippen LogP contribution in [0.1, 0.15) is 418 Å². The number of ether oxygens (including phenoxy) is 2. The van der Waals surface area contributed by atoms with Gasteiger partial charge in [0, 0.05) is 19.4 Å². The average Bonchev–Trinajstić information content (AvgIpc) is 3.58. The van der Waals surface area contributed by atoms with Crippen LogP contribution in [0.4, 0.5) is 0 Å². The van der Waals surface area contributed by atoms with Gasteiger partial charge >= 0.3 is 19.8 Å². The number of phosphoric acid groups is 1. The molecule has 0 saturated heterocycles. The monoisotopic (exact) mass is 1230 g/mol. The minimum atomic E-state index is -4.39. The maximum Gasteiger partial charge on any atom is 0.472 e. The fraction of sp³-hybridized carbons (Fsp3) is 0.921. The maximum atomic E-state index is 12.8. The molecule has 0 saturated carbocycles. The number of phosphoric ester groups is 1. The van der Waals surface area contributed by atoms with E-state index in [0.717, 1.165) is 44.9 Å². The zero-order chi connectivity index (χ0) is 62.3. The standard InChI is InChI=1S/C76H148NO8P/c1-3-5-7-9-11-13-15-17-19-21-23-25-27-29-30-31-32-33-34-35-36-37-38-39-40-41-42-43-45-46-48-50-52-54-56-58-60-62-64-66-68-75(78)82-72-74(73-84-86(80,81)83-71-70-77)85-76(79)69-67-65-63-61-59-57-55-53-51-49-47-44-28-26-24-22-20-18-16-14-12-10-8-6-4-2/h16,18,22,24,74H,3-15,17,19-21,23,25-73,77H2,1-2H3,(H,80,81)/b18-16-,24-22-. The molecule has 2 unspecified atom stereocenters. The highest BCUT2D eigenvalue weighted by Crippen LogP contribution is 2.43. The second-order valence-electron chi connectivity index (χ2n) is 26.2. The van der Waals surface area contributed by atoms with E-state index >= 15 is 0 Å². The van der Waals surface area contributed by atoms with Gasteiger partial charge in [-0.3, -0.25) is 18.6 Å². The first-order valence-corrected chi connectivity index (χ1v) is 39.8. The van der Waals surface area contributed by atoms with E-state index in [2.05, 4.69) is 38.2 Å². The predicted octanol–water partition coefficient (Wildman–Crippen LogP) is 25.3. The van der Waals surface area contributed by atoms with Gasteiger partial charge in [0.25, 0.3) is 0 Å². The van der Waals surface area contributed by atoms with Crippen LogP contribution in [0, 0.1) is 0 Å². The molecule has 10 heteroatoms. The Morgan fingerprint density at radius 3 is 0.884 bits per heavy atom. The van der Waals surface area contributed by atoms with E-state index in [1.165, 1.54) is 340 Å². The van der Waals surface area contributed by atoms with Crippen molar-refractivity contribution >= 4 is 19.8 Å². The molecule has 0 aliphatic rings. The summed E-state index contributed by atoms with van der Waals surface area (Å²) in [6.45, 7) is 3.82. The topological polar surface area (TPSA) is 134 Å². The number of unbranched alkanes of at least 4 members (excludes halogenated alkanes) is 57. The molecule has 2 atom stereocenters. The molecule has 0 aliphatic heterocycles. The molecule has 0 heterocycles. The lowest BCUT2D eigenvalue weighted by Gasteiger charge is -2.19. The molecular weight excluding hydrogens is 1090 g/mol. The third-order valence-electron chi connectivity index (χ3n) is 17.6. The molecule has 0 fully saturated rings. The van der Waals surface area contributed by atoms with Crippen LogP contribution in [-0.4, -0.2) is 49.3 Å². The lowest BCUT2D eigenvalue weighted by molar-refractivity contribution is -0.161. The highest BCUT2D eigenvalue weighted by molar-refractivity contribution is 7.47. The van der Waals surface area contributed by atoms with E-state index in [1.807, 2.05) is 0 Å². The molecule has 0 aromatic rings. The first kappa shape index (κ1) is 84.5. The molecule has 510 valence electrons. The summed E-state index contributed by atoms with van der Waals surface area (Å²) >= 11 is 0. The normalized spacial score (nSPS) is 12.9. The second-order valence-corrected chi connectivity index (χ2v) is 27.7. The van der Waals surface area contributed by atoms with Crippen molar-refractivity contribution in [2.24, 2.45) is 5.73 Å². The number of carbonyl (C=O) groups excluding carboxylic acids is 2. The SMILES string of the molecule is CCCCCCC/C=C\C/C=C\CCCCCCCCCCCCCCCC(=O)OC(COC(=O)CCCCCCCCCCCCCCCCCCCCCCCCCCCCCCCCCCCCCCCCCC)COP(=O)(O)OCCN. The Morgan fingerprint density at radius 2 is 0.605 bits per heavy atom. The third kappa shape index (κ3) is 71.6. The van der Waals surface area contributed by atoms with Crippen molar-refractivity contribution in [1.29, 1.82) is 0 Å². The molecule has 0 rings (SSSR count). The molecule has 9 nitrogen and oxygen atoms in total. The summed E-state index contributed by atoms with van der Waals surface area (Å²) in [5.74, 6) is -0.805. The van der Waals surface area contributed by atoms with Crippen LogP contribution >= 0.6 is 7.82 Å². The number of esters is 2. The Labute approximate surface area is 535 Å². The van der Waals surface area contributed by atoms with Gasteiger partial charge in [-0.25, -0.2) is 4.57 Å². The molecule has 0 aromatic carbocycles. The third-order valence-corrected chi connectivity index (χ3v) is 18.6. The van der Waals surface area contributed by atoms with Crippen molar-refractivity contribution in [2.45, 2.75) is 424 Å². The second kappa shape index (κ2) is 72.6. The highest BCUT2D eigenvalue weighted by Gasteiger charge is 2.26. The number of rotatable bonds is 74. The summed E-state index contributed by atoms with van der Waals surface area (Å²) in [6, 6.07) is 0. The number of hydrogen-bond acceptors (Lipinski definition) is 8. The highest BCUT2D eigenvalue weighted by atomic mass is 31.2. The van der Waals surface area contributed by atoms with E-state index in [-0.39, 0.29) is 38.6 Å². The lowest BCUT2D eigenvalue weighted by Crippen LogP contribution is -2.29. The van der Waals surface area contributed by atoms with Crippen LogP contribution in [0.5, 0.6) is 0 Å². The van der Waals surface area contributed by atoms with Gasteiger partial charge in [0.2, 0.25) is 0 Å². The van der Waals surface area contributed by atoms with Gasteiger partial charge in [-0.2, -0.15) is 0 Å². The van der Waals surface area contributed by atoms with Gasteiger partial charge in [0.15, 0.2) is 6.10 Å². The zero-order valence-electron chi connectivity index (χ0n) is 57.6. The Kier molecular flexibility index (Phi) is 71.3. The van der Waals surface area contributed by atoms with Gasteiger partial charge in [0.05, 0.1) is 13.2 Å². The Hall–Kier alpha value is -1.51. The molecule has 0 radical (unpaired) electrons. The molecule has 86 heavy (non-hydrogen) atoms. The van der Waals surface area contributed by atoms with Crippen molar-refractivity contribution in [3.05, 3.63) is 24.3 Å². The van der Waals surface area contributed by atoms with Crippen LogP contribution in [0.3, 0.4) is 0 Å². The number of allylic oxidation sites excluding steroid dienone is 4. The summed E-state index contributed by atoms with van der Waals surface area (Å²) < 4.78 is 33.2. The Morgan fingerprint density at radius 1 is 0.349 bits per heavy atom. The van der Waals surface area contributed by atoms with Gasteiger partial charge in [-0.15, -0.1) is 0 Å². The van der Waals surface area contributed by atoms with Crippen LogP contribution in [-0.2, 0) is 32.7 Å². The first-order valence-electron chi connectivity index (χ1n) is 38.3. The average molecular weight is 1230 g/mol. The molecule has 0 aromatic heterocycles. The summed E-state index contributed by atoms with van der Waals surface area (Å²) in [5, 5.41) is 0. The fourth-order valence-electron chi connectivity index (χ4n) is 11.9. The summed E-state index contributed by atoms with van der Waals surface area (Å²) in [5.41, 5.74) is 5.41. The number of nitrogens with two attached hydrogens (primary N) is 1. The summed E-state index contributed by atoms with van der Waals surface area (Å²) in [4.78, 5) is 35.4. The van der Waals surface area contributed by atoms with E-state index in [1.54, 1.807) is 0 Å². The Bertz CT molecular complexity index is 1460. The first-order chi connectivity index (χ1) is 42.3. The molecule has 0 spiro atoms. The van der Waals surface area contributed by atoms with E-state index in [4.69, 9.17) is 24.3 Å². The smallest absolute Gasteiger partial charge is 0.462 e. The van der Waals surface area contributed by atoms with Crippen LogP contribution < -0.4 is 5.73 Å². The van der Waals surface area contributed by atoms with Crippen LogP contribution in [0.15, 0.2) is 24.3 Å². The van der Waals surface area contributed by atoms with E-state index in [9.17, 15) is 19.0 Å². The van der Waals surface area contributed by atoms with Gasteiger partial charge < -0.3 is 20.1 Å². The molecule has 0 amide bonds. The van der Waals surface area contributed by atoms with Gasteiger partial charge in [-0.1, -0.05) is 385 Å². The predicted molar refractivity (Wildman–Crippen MR) is 372 cm³/mol. The lowest BCUT2D eigenvalue weighted by atomic mass is 10.0. The fourth-order valence-corrected chi connectivity index (χ4v) is 12.7.